The topological polar surface area (TPSA) is 48.1 Å². The van der Waals surface area contributed by atoms with E-state index in [2.05, 4.69) is 106 Å². The van der Waals surface area contributed by atoms with Crippen molar-refractivity contribution in [2.45, 2.75) is 13.1 Å². The lowest BCUT2D eigenvalue weighted by atomic mass is 10.1. The van der Waals surface area contributed by atoms with Gasteiger partial charge in [-0.15, -0.1) is 0 Å². The molecule has 32 heavy (non-hydrogen) atoms. The van der Waals surface area contributed by atoms with Crippen LogP contribution < -0.4 is 21.3 Å². The average molecular weight is 427 g/mol. The number of benzene rings is 4. The van der Waals surface area contributed by atoms with E-state index in [-0.39, 0.29) is 0 Å². The fourth-order valence-corrected chi connectivity index (χ4v) is 3.94. The summed E-state index contributed by atoms with van der Waals surface area (Å²) >= 11 is 0. The van der Waals surface area contributed by atoms with E-state index in [1.165, 1.54) is 32.7 Å². The normalized spacial score (nSPS) is 11.4. The summed E-state index contributed by atoms with van der Waals surface area (Å²) in [7, 11) is 0. The van der Waals surface area contributed by atoms with Crippen molar-refractivity contribution in [3.63, 3.8) is 0 Å². The van der Waals surface area contributed by atoms with Gasteiger partial charge < -0.3 is 21.3 Å². The van der Waals surface area contributed by atoms with Crippen LogP contribution in [0.5, 0.6) is 0 Å². The quantitative estimate of drug-likeness (QED) is 0.244. The highest BCUT2D eigenvalue weighted by molar-refractivity contribution is 5.83. The third-order valence-corrected chi connectivity index (χ3v) is 5.72. The molecule has 166 valence electrons. The molecule has 0 atom stereocenters. The van der Waals surface area contributed by atoms with Gasteiger partial charge in [0, 0.05) is 52.4 Å². The van der Waals surface area contributed by atoms with Crippen molar-refractivity contribution in [3.8, 4) is 0 Å². The van der Waals surface area contributed by atoms with Crippen molar-refractivity contribution in [2.75, 3.05) is 39.3 Å². The minimum atomic E-state index is 0.910. The Morgan fingerprint density at radius 1 is 0.375 bits per heavy atom. The van der Waals surface area contributed by atoms with E-state index < -0.39 is 0 Å². The molecule has 0 saturated heterocycles. The smallest absolute Gasteiger partial charge is 0.0206 e. The Labute approximate surface area is 191 Å². The predicted octanol–water partition coefficient (Wildman–Crippen LogP) is 4.05. The third-order valence-electron chi connectivity index (χ3n) is 5.72. The number of hydrogen-bond donors (Lipinski definition) is 4. The molecule has 4 rings (SSSR count). The summed E-state index contributed by atoms with van der Waals surface area (Å²) in [6.07, 6.45) is 0. The van der Waals surface area contributed by atoms with Crippen molar-refractivity contribution < 1.29 is 0 Å². The summed E-state index contributed by atoms with van der Waals surface area (Å²) in [5.41, 5.74) is 2.67. The first kappa shape index (κ1) is 22.4. The minimum Gasteiger partial charge on any atom is -0.314 e. The third kappa shape index (κ3) is 6.87. The molecule has 0 aliphatic rings. The van der Waals surface area contributed by atoms with E-state index in [1.807, 2.05) is 0 Å². The highest BCUT2D eigenvalue weighted by Crippen LogP contribution is 2.16. The summed E-state index contributed by atoms with van der Waals surface area (Å²) in [5, 5.41) is 19.2. The van der Waals surface area contributed by atoms with Gasteiger partial charge >= 0.3 is 0 Å². The van der Waals surface area contributed by atoms with Gasteiger partial charge in [0.25, 0.3) is 0 Å². The second kappa shape index (κ2) is 12.3. The molecular formula is C28H34N4. The Hall–Kier alpha value is -2.76. The minimum absolute atomic E-state index is 0.910. The Kier molecular flexibility index (Phi) is 8.64. The summed E-state index contributed by atoms with van der Waals surface area (Å²) in [4.78, 5) is 0. The molecule has 4 heteroatoms. The molecule has 0 radical (unpaired) electrons. The maximum Gasteiger partial charge on any atom is 0.0206 e. The lowest BCUT2D eigenvalue weighted by Gasteiger charge is -2.09. The maximum atomic E-state index is 3.52. The summed E-state index contributed by atoms with van der Waals surface area (Å²) in [6.45, 7) is 7.71. The zero-order chi connectivity index (χ0) is 21.8. The zero-order valence-electron chi connectivity index (χ0n) is 18.7. The highest BCUT2D eigenvalue weighted by atomic mass is 15.0. The fraction of sp³-hybridized carbons (Fsp3) is 0.286. The van der Waals surface area contributed by atoms with Crippen molar-refractivity contribution in [2.24, 2.45) is 0 Å². The van der Waals surface area contributed by atoms with E-state index >= 15 is 0 Å². The predicted molar refractivity (Wildman–Crippen MR) is 137 cm³/mol. The fourth-order valence-electron chi connectivity index (χ4n) is 3.94. The van der Waals surface area contributed by atoms with Gasteiger partial charge in [-0.3, -0.25) is 0 Å². The van der Waals surface area contributed by atoms with Crippen LogP contribution in [-0.2, 0) is 13.1 Å². The summed E-state index contributed by atoms with van der Waals surface area (Å²) in [6, 6.07) is 30.4. The molecule has 0 amide bonds. The van der Waals surface area contributed by atoms with Crippen LogP contribution in [-0.4, -0.2) is 39.3 Å². The molecular weight excluding hydrogens is 392 g/mol. The van der Waals surface area contributed by atoms with Crippen LogP contribution in [0.25, 0.3) is 21.5 Å². The summed E-state index contributed by atoms with van der Waals surface area (Å²) in [5.74, 6) is 0. The van der Waals surface area contributed by atoms with Gasteiger partial charge in [0.05, 0.1) is 0 Å². The first-order valence-corrected chi connectivity index (χ1v) is 11.7. The summed E-state index contributed by atoms with van der Waals surface area (Å²) < 4.78 is 0. The van der Waals surface area contributed by atoms with Crippen LogP contribution in [0.1, 0.15) is 11.1 Å². The van der Waals surface area contributed by atoms with Gasteiger partial charge in [-0.25, -0.2) is 0 Å². The van der Waals surface area contributed by atoms with Crippen LogP contribution in [0, 0.1) is 0 Å². The highest BCUT2D eigenvalue weighted by Gasteiger charge is 1.97. The van der Waals surface area contributed by atoms with E-state index in [0.717, 1.165) is 52.4 Å². The van der Waals surface area contributed by atoms with Gasteiger partial charge in [-0.2, -0.15) is 0 Å². The van der Waals surface area contributed by atoms with Crippen molar-refractivity contribution in [3.05, 3.63) is 96.1 Å². The van der Waals surface area contributed by atoms with Crippen LogP contribution >= 0.6 is 0 Å². The molecule has 0 saturated carbocycles. The lowest BCUT2D eigenvalue weighted by molar-refractivity contribution is 0.566. The zero-order valence-corrected chi connectivity index (χ0v) is 18.7. The molecule has 0 heterocycles. The Balaban J connectivity index is 0.990. The molecule has 0 aromatic heterocycles. The van der Waals surface area contributed by atoms with Crippen LogP contribution in [0.4, 0.5) is 0 Å². The maximum absolute atomic E-state index is 3.52. The van der Waals surface area contributed by atoms with Crippen molar-refractivity contribution >= 4 is 21.5 Å². The molecule has 0 fully saturated rings. The largest absolute Gasteiger partial charge is 0.314 e. The van der Waals surface area contributed by atoms with Crippen LogP contribution in [0.3, 0.4) is 0 Å². The number of rotatable bonds is 13. The van der Waals surface area contributed by atoms with E-state index in [0.29, 0.717) is 0 Å². The van der Waals surface area contributed by atoms with E-state index in [4.69, 9.17) is 0 Å². The molecule has 0 spiro atoms. The van der Waals surface area contributed by atoms with Gasteiger partial charge in [0.1, 0.15) is 0 Å². The molecule has 4 nitrogen and oxygen atoms in total. The van der Waals surface area contributed by atoms with Crippen molar-refractivity contribution in [1.82, 2.24) is 21.3 Å². The van der Waals surface area contributed by atoms with E-state index in [1.54, 1.807) is 0 Å². The molecule has 4 N–H and O–H groups in total. The molecule has 0 unspecified atom stereocenters. The second-order valence-electron chi connectivity index (χ2n) is 8.22. The molecule has 0 aliphatic heterocycles. The van der Waals surface area contributed by atoms with Gasteiger partial charge in [-0.1, -0.05) is 72.8 Å². The number of hydrogen-bond acceptors (Lipinski definition) is 4. The second-order valence-corrected chi connectivity index (χ2v) is 8.22. The Bertz CT molecular complexity index is 1020. The van der Waals surface area contributed by atoms with Gasteiger partial charge in [0.15, 0.2) is 0 Å². The molecule has 0 bridgehead atoms. The Morgan fingerprint density at radius 3 is 1.19 bits per heavy atom. The monoisotopic (exact) mass is 426 g/mol. The molecule has 4 aromatic carbocycles. The van der Waals surface area contributed by atoms with E-state index in [9.17, 15) is 0 Å². The first-order valence-electron chi connectivity index (χ1n) is 11.7. The average Bonchev–Trinajstić information content (AvgIpc) is 2.84. The first-order chi connectivity index (χ1) is 15.9. The van der Waals surface area contributed by atoms with Crippen molar-refractivity contribution in [1.29, 1.82) is 0 Å². The standard InChI is InChI=1S/C28H34N4/c1-3-7-27-19-23(9-11-25(27)5-1)21-31-17-15-29-13-14-30-16-18-32-22-24-10-12-26-6-2-4-8-28(26)20-24/h1-12,19-20,29-32H,13-18,21-22H2. The molecule has 4 aromatic rings. The van der Waals surface area contributed by atoms with Gasteiger partial charge in [-0.05, 0) is 44.8 Å². The van der Waals surface area contributed by atoms with Crippen LogP contribution in [0.15, 0.2) is 84.9 Å². The molecule has 0 aliphatic carbocycles. The number of nitrogens with one attached hydrogen (secondary N) is 4. The van der Waals surface area contributed by atoms with Crippen LogP contribution in [0.2, 0.25) is 0 Å². The number of fused-ring (bicyclic) bond motifs is 2. The SMILES string of the molecule is c1ccc2cc(CNCCNCCNCCNCc3ccc4ccccc4c3)ccc2c1. The lowest BCUT2D eigenvalue weighted by Crippen LogP contribution is -2.35. The Morgan fingerprint density at radius 2 is 0.750 bits per heavy atom. The van der Waals surface area contributed by atoms with Gasteiger partial charge in [0.2, 0.25) is 0 Å².